The fraction of sp³-hybridized carbons (Fsp3) is 0.353. The normalized spacial score (nSPS) is 14.0. The zero-order valence-electron chi connectivity index (χ0n) is 12.8. The number of fused-ring (bicyclic) bond motifs is 1. The Bertz CT molecular complexity index is 750. The number of hydrogen-bond donors (Lipinski definition) is 1. The van der Waals surface area contributed by atoms with Crippen molar-refractivity contribution in [1.29, 1.82) is 0 Å². The van der Waals surface area contributed by atoms with Gasteiger partial charge >= 0.3 is 0 Å². The number of hydrogen-bond acceptors (Lipinski definition) is 3. The first-order valence-corrected chi connectivity index (χ1v) is 7.52. The molecular weight excluding hydrogens is 278 g/mol. The van der Waals surface area contributed by atoms with Gasteiger partial charge in [0.1, 0.15) is 5.82 Å². The molecule has 0 radical (unpaired) electrons. The van der Waals surface area contributed by atoms with Gasteiger partial charge < -0.3 is 9.88 Å². The molecule has 0 saturated heterocycles. The molecule has 0 spiro atoms. The van der Waals surface area contributed by atoms with Gasteiger partial charge in [0, 0.05) is 24.4 Å². The minimum Gasteiger partial charge on any atom is -0.337 e. The minimum atomic E-state index is -0.148. The number of benzene rings is 1. The molecule has 0 bridgehead atoms. The van der Waals surface area contributed by atoms with Crippen LogP contribution in [0.2, 0.25) is 0 Å². The second-order valence-electron chi connectivity index (χ2n) is 5.87. The van der Waals surface area contributed by atoms with E-state index in [1.165, 1.54) is 0 Å². The summed E-state index contributed by atoms with van der Waals surface area (Å²) in [4.78, 5) is 33.6. The van der Waals surface area contributed by atoms with Crippen LogP contribution in [0.15, 0.2) is 35.1 Å². The van der Waals surface area contributed by atoms with Crippen molar-refractivity contribution in [2.75, 3.05) is 6.54 Å². The Morgan fingerprint density at radius 1 is 1.27 bits per heavy atom. The zero-order valence-corrected chi connectivity index (χ0v) is 12.8. The molecule has 5 heteroatoms. The average molecular weight is 297 g/mol. The SMILES string of the molecule is CC(C)C(=O)N1CCc2nc(-c3ccccc3)[nH]c(=O)c2C1. The van der Waals surface area contributed by atoms with E-state index in [9.17, 15) is 9.59 Å². The molecule has 5 nitrogen and oxygen atoms in total. The number of aromatic amines is 1. The van der Waals surface area contributed by atoms with Crippen LogP contribution in [0, 0.1) is 5.92 Å². The summed E-state index contributed by atoms with van der Waals surface area (Å²) in [6.45, 7) is 4.72. The van der Waals surface area contributed by atoms with Crippen LogP contribution in [0.25, 0.3) is 11.4 Å². The summed E-state index contributed by atoms with van der Waals surface area (Å²) in [6.07, 6.45) is 0.623. The first-order chi connectivity index (χ1) is 10.6. The first-order valence-electron chi connectivity index (χ1n) is 7.52. The molecule has 22 heavy (non-hydrogen) atoms. The summed E-state index contributed by atoms with van der Waals surface area (Å²) in [5.41, 5.74) is 2.16. The highest BCUT2D eigenvalue weighted by Crippen LogP contribution is 2.19. The Morgan fingerprint density at radius 2 is 2.00 bits per heavy atom. The lowest BCUT2D eigenvalue weighted by molar-refractivity contribution is -0.135. The number of H-pyrrole nitrogens is 1. The summed E-state index contributed by atoms with van der Waals surface area (Å²) in [5, 5.41) is 0. The molecule has 1 N–H and O–H groups in total. The van der Waals surface area contributed by atoms with Crippen molar-refractivity contribution in [3.05, 3.63) is 51.9 Å². The van der Waals surface area contributed by atoms with Gasteiger partial charge in [0.15, 0.2) is 0 Å². The van der Waals surface area contributed by atoms with Gasteiger partial charge in [-0.15, -0.1) is 0 Å². The second kappa shape index (κ2) is 5.75. The molecule has 2 heterocycles. The van der Waals surface area contributed by atoms with Crippen LogP contribution < -0.4 is 5.56 Å². The first kappa shape index (κ1) is 14.5. The molecule has 2 aromatic rings. The molecule has 1 aliphatic rings. The largest absolute Gasteiger partial charge is 0.337 e. The Morgan fingerprint density at radius 3 is 2.68 bits per heavy atom. The highest BCUT2D eigenvalue weighted by Gasteiger charge is 2.25. The summed E-state index contributed by atoms with van der Waals surface area (Å²) in [5.74, 6) is 0.613. The number of rotatable bonds is 2. The fourth-order valence-corrected chi connectivity index (χ4v) is 2.71. The van der Waals surface area contributed by atoms with Crippen LogP contribution in [0.4, 0.5) is 0 Å². The predicted octanol–water partition coefficient (Wildman–Crippen LogP) is 1.98. The second-order valence-corrected chi connectivity index (χ2v) is 5.87. The maximum Gasteiger partial charge on any atom is 0.256 e. The third-order valence-corrected chi connectivity index (χ3v) is 3.92. The van der Waals surface area contributed by atoms with Crippen molar-refractivity contribution in [3.8, 4) is 11.4 Å². The van der Waals surface area contributed by atoms with Crippen LogP contribution in [0.3, 0.4) is 0 Å². The third kappa shape index (κ3) is 2.66. The molecule has 1 aromatic heterocycles. The van der Waals surface area contributed by atoms with Crippen LogP contribution in [0.1, 0.15) is 25.1 Å². The van der Waals surface area contributed by atoms with E-state index >= 15 is 0 Å². The zero-order chi connectivity index (χ0) is 15.7. The van der Waals surface area contributed by atoms with Crippen LogP contribution in [-0.2, 0) is 17.8 Å². The number of nitrogens with zero attached hydrogens (tertiary/aromatic N) is 2. The van der Waals surface area contributed by atoms with Crippen LogP contribution >= 0.6 is 0 Å². The molecule has 1 amide bonds. The van der Waals surface area contributed by atoms with E-state index in [-0.39, 0.29) is 17.4 Å². The summed E-state index contributed by atoms with van der Waals surface area (Å²) in [7, 11) is 0. The molecule has 0 fully saturated rings. The minimum absolute atomic E-state index is 0.0582. The quantitative estimate of drug-likeness (QED) is 0.921. The molecule has 0 aliphatic carbocycles. The number of aromatic nitrogens is 2. The van der Waals surface area contributed by atoms with Gasteiger partial charge in [-0.25, -0.2) is 4.98 Å². The average Bonchev–Trinajstić information content (AvgIpc) is 2.54. The van der Waals surface area contributed by atoms with Crippen molar-refractivity contribution in [1.82, 2.24) is 14.9 Å². The highest BCUT2D eigenvalue weighted by molar-refractivity contribution is 5.78. The Balaban J connectivity index is 1.95. The Labute approximate surface area is 129 Å². The molecule has 3 rings (SSSR count). The van der Waals surface area contributed by atoms with Crippen molar-refractivity contribution < 1.29 is 4.79 Å². The van der Waals surface area contributed by atoms with Crippen molar-refractivity contribution in [3.63, 3.8) is 0 Å². The molecule has 1 aromatic carbocycles. The third-order valence-electron chi connectivity index (χ3n) is 3.92. The summed E-state index contributed by atoms with van der Waals surface area (Å²) in [6, 6.07) is 9.59. The summed E-state index contributed by atoms with van der Waals surface area (Å²) >= 11 is 0. The predicted molar refractivity (Wildman–Crippen MR) is 84.3 cm³/mol. The van der Waals surface area contributed by atoms with Crippen molar-refractivity contribution in [2.24, 2.45) is 5.92 Å². The molecular formula is C17H19N3O2. The van der Waals surface area contributed by atoms with Gasteiger partial charge in [-0.05, 0) is 0 Å². The number of nitrogens with one attached hydrogen (secondary N) is 1. The topological polar surface area (TPSA) is 66.1 Å². The lowest BCUT2D eigenvalue weighted by Gasteiger charge is -2.29. The van der Waals surface area contributed by atoms with E-state index in [4.69, 9.17) is 0 Å². The highest BCUT2D eigenvalue weighted by atomic mass is 16.2. The van der Waals surface area contributed by atoms with Gasteiger partial charge in [0.2, 0.25) is 5.91 Å². The maximum absolute atomic E-state index is 12.4. The van der Waals surface area contributed by atoms with E-state index in [0.717, 1.165) is 11.3 Å². The van der Waals surface area contributed by atoms with Crippen LogP contribution in [-0.4, -0.2) is 27.3 Å². The van der Waals surface area contributed by atoms with E-state index in [0.29, 0.717) is 30.9 Å². The molecule has 0 atom stereocenters. The Kier molecular flexibility index (Phi) is 3.79. The maximum atomic E-state index is 12.4. The van der Waals surface area contributed by atoms with Gasteiger partial charge in [-0.2, -0.15) is 0 Å². The number of carbonyl (C=O) groups excluding carboxylic acids is 1. The molecule has 0 unspecified atom stereocenters. The lowest BCUT2D eigenvalue weighted by atomic mass is 10.0. The van der Waals surface area contributed by atoms with Gasteiger partial charge in [-0.1, -0.05) is 44.2 Å². The van der Waals surface area contributed by atoms with Gasteiger partial charge in [0.25, 0.3) is 5.56 Å². The van der Waals surface area contributed by atoms with E-state index in [2.05, 4.69) is 9.97 Å². The number of amides is 1. The molecule has 1 aliphatic heterocycles. The lowest BCUT2D eigenvalue weighted by Crippen LogP contribution is -2.41. The molecule has 114 valence electrons. The van der Waals surface area contributed by atoms with Gasteiger partial charge in [-0.3, -0.25) is 9.59 Å². The van der Waals surface area contributed by atoms with Gasteiger partial charge in [0.05, 0.1) is 17.8 Å². The fourth-order valence-electron chi connectivity index (χ4n) is 2.71. The van der Waals surface area contributed by atoms with Crippen LogP contribution in [0.5, 0.6) is 0 Å². The van der Waals surface area contributed by atoms with E-state index in [1.54, 1.807) is 4.90 Å². The standard InChI is InChI=1S/C17H19N3O2/c1-11(2)17(22)20-9-8-14-13(10-20)16(21)19-15(18-14)12-6-4-3-5-7-12/h3-7,11H,8-10H2,1-2H3,(H,18,19,21). The van der Waals surface area contributed by atoms with E-state index in [1.807, 2.05) is 44.2 Å². The molecule has 0 saturated carbocycles. The summed E-state index contributed by atoms with van der Waals surface area (Å²) < 4.78 is 0. The smallest absolute Gasteiger partial charge is 0.256 e. The monoisotopic (exact) mass is 297 g/mol. The van der Waals surface area contributed by atoms with Crippen molar-refractivity contribution in [2.45, 2.75) is 26.8 Å². The van der Waals surface area contributed by atoms with Crippen molar-refractivity contribution >= 4 is 5.91 Å². The van der Waals surface area contributed by atoms with E-state index < -0.39 is 0 Å². The number of carbonyl (C=O) groups is 1. The Hall–Kier alpha value is -2.43.